The van der Waals surface area contributed by atoms with E-state index in [9.17, 15) is 0 Å². The highest BCUT2D eigenvalue weighted by Gasteiger charge is 2.09. The quantitative estimate of drug-likeness (QED) is 0.451. The van der Waals surface area contributed by atoms with Crippen LogP contribution in [0.4, 0.5) is 0 Å². The lowest BCUT2D eigenvalue weighted by Gasteiger charge is -2.14. The molecule has 0 aliphatic rings. The number of aryl methyl sites for hydroxylation is 1. The minimum absolute atomic E-state index is 0.434. The standard InChI is InChI=1S/C24H24ClNO2S/c1-3-17-4-6-18(7-5-17)15-26-24(29)20-10-13-22(23(14-20)27-2)28-16-19-8-11-21(25)12-9-19/h4-14H,3,15-16H2,1-2H3,(H,26,29). The number of nitrogens with one attached hydrogen (secondary N) is 1. The Balaban J connectivity index is 1.61. The molecule has 0 aliphatic heterocycles. The maximum Gasteiger partial charge on any atom is 0.161 e. The van der Waals surface area contributed by atoms with Crippen molar-refractivity contribution >= 4 is 28.8 Å². The van der Waals surface area contributed by atoms with Crippen LogP contribution in [-0.4, -0.2) is 12.1 Å². The highest BCUT2D eigenvalue weighted by molar-refractivity contribution is 7.80. The summed E-state index contributed by atoms with van der Waals surface area (Å²) in [6.45, 7) is 3.27. The number of halogens is 1. The molecule has 1 N–H and O–H groups in total. The van der Waals surface area contributed by atoms with Gasteiger partial charge in [-0.05, 0) is 53.4 Å². The van der Waals surface area contributed by atoms with Gasteiger partial charge in [0.05, 0.1) is 7.11 Å². The zero-order valence-electron chi connectivity index (χ0n) is 16.6. The second-order valence-corrected chi connectivity index (χ2v) is 7.48. The SMILES string of the molecule is CCc1ccc(CNC(=S)c2ccc(OCc3ccc(Cl)cc3)c(OC)c2)cc1. The van der Waals surface area contributed by atoms with Gasteiger partial charge in [-0.3, -0.25) is 0 Å². The van der Waals surface area contributed by atoms with Crippen molar-refractivity contribution in [3.8, 4) is 11.5 Å². The van der Waals surface area contributed by atoms with E-state index in [1.54, 1.807) is 7.11 Å². The van der Waals surface area contributed by atoms with E-state index in [0.717, 1.165) is 17.5 Å². The van der Waals surface area contributed by atoms with Crippen LogP contribution < -0.4 is 14.8 Å². The van der Waals surface area contributed by atoms with Crippen LogP contribution >= 0.6 is 23.8 Å². The molecule has 3 aromatic carbocycles. The monoisotopic (exact) mass is 425 g/mol. The third-order valence-electron chi connectivity index (χ3n) is 4.62. The molecular weight excluding hydrogens is 402 g/mol. The first-order valence-corrected chi connectivity index (χ1v) is 10.3. The molecule has 0 radical (unpaired) electrons. The van der Waals surface area contributed by atoms with Crippen LogP contribution in [-0.2, 0) is 19.6 Å². The summed E-state index contributed by atoms with van der Waals surface area (Å²) in [6, 6.07) is 21.8. The van der Waals surface area contributed by atoms with E-state index in [4.69, 9.17) is 33.3 Å². The van der Waals surface area contributed by atoms with E-state index in [2.05, 4.69) is 36.5 Å². The maximum atomic E-state index is 5.92. The molecule has 29 heavy (non-hydrogen) atoms. The van der Waals surface area contributed by atoms with Crippen LogP contribution in [0.25, 0.3) is 0 Å². The Kier molecular flexibility index (Phi) is 7.50. The molecule has 0 amide bonds. The smallest absolute Gasteiger partial charge is 0.161 e. The maximum absolute atomic E-state index is 5.92. The second kappa shape index (κ2) is 10.3. The van der Waals surface area contributed by atoms with Crippen molar-refractivity contribution in [3.05, 3.63) is 94.0 Å². The Morgan fingerprint density at radius 3 is 2.21 bits per heavy atom. The summed E-state index contributed by atoms with van der Waals surface area (Å²) in [5, 5.41) is 4.02. The largest absolute Gasteiger partial charge is 0.493 e. The predicted octanol–water partition coefficient (Wildman–Crippen LogP) is 5.96. The number of thiocarbonyl (C=S) groups is 1. The van der Waals surface area contributed by atoms with E-state index in [1.165, 1.54) is 11.1 Å². The molecule has 3 rings (SSSR count). The zero-order valence-corrected chi connectivity index (χ0v) is 18.1. The van der Waals surface area contributed by atoms with Gasteiger partial charge in [-0.15, -0.1) is 0 Å². The van der Waals surface area contributed by atoms with Crippen molar-refractivity contribution in [2.75, 3.05) is 7.11 Å². The highest BCUT2D eigenvalue weighted by Crippen LogP contribution is 2.29. The predicted molar refractivity (Wildman–Crippen MR) is 123 cm³/mol. The summed E-state index contributed by atoms with van der Waals surface area (Å²) >= 11 is 11.5. The Morgan fingerprint density at radius 2 is 1.55 bits per heavy atom. The summed E-state index contributed by atoms with van der Waals surface area (Å²) in [5.74, 6) is 1.32. The average molecular weight is 426 g/mol. The molecule has 3 aromatic rings. The summed E-state index contributed by atoms with van der Waals surface area (Å²) in [7, 11) is 1.63. The van der Waals surface area contributed by atoms with Gasteiger partial charge >= 0.3 is 0 Å². The first-order chi connectivity index (χ1) is 14.1. The molecule has 150 valence electrons. The molecular formula is C24H24ClNO2S. The number of hydrogen-bond acceptors (Lipinski definition) is 3. The molecule has 5 heteroatoms. The van der Waals surface area contributed by atoms with Crippen molar-refractivity contribution in [1.29, 1.82) is 0 Å². The number of benzene rings is 3. The van der Waals surface area contributed by atoms with Crippen LogP contribution in [0.1, 0.15) is 29.2 Å². The summed E-state index contributed by atoms with van der Waals surface area (Å²) < 4.78 is 11.4. The fraction of sp³-hybridized carbons (Fsp3) is 0.208. The van der Waals surface area contributed by atoms with Gasteiger partial charge in [0.2, 0.25) is 0 Å². The molecule has 3 nitrogen and oxygen atoms in total. The Hall–Kier alpha value is -2.56. The van der Waals surface area contributed by atoms with Crippen LogP contribution in [0.2, 0.25) is 5.02 Å². The summed E-state index contributed by atoms with van der Waals surface area (Å²) in [4.78, 5) is 0.673. The first kappa shape index (κ1) is 21.2. The molecule has 0 heterocycles. The fourth-order valence-electron chi connectivity index (χ4n) is 2.85. The molecule has 0 saturated carbocycles. The minimum atomic E-state index is 0.434. The van der Waals surface area contributed by atoms with E-state index in [0.29, 0.717) is 34.7 Å². The van der Waals surface area contributed by atoms with Crippen LogP contribution in [0.5, 0.6) is 11.5 Å². The Morgan fingerprint density at radius 1 is 0.897 bits per heavy atom. The third kappa shape index (κ3) is 5.96. The van der Waals surface area contributed by atoms with E-state index in [1.807, 2.05) is 42.5 Å². The van der Waals surface area contributed by atoms with Gasteiger partial charge in [-0.1, -0.05) is 67.1 Å². The lowest BCUT2D eigenvalue weighted by molar-refractivity contribution is 0.284. The minimum Gasteiger partial charge on any atom is -0.493 e. The van der Waals surface area contributed by atoms with Gasteiger partial charge in [0.1, 0.15) is 11.6 Å². The van der Waals surface area contributed by atoms with Crippen molar-refractivity contribution < 1.29 is 9.47 Å². The topological polar surface area (TPSA) is 30.5 Å². The van der Waals surface area contributed by atoms with Crippen LogP contribution in [0.15, 0.2) is 66.7 Å². The van der Waals surface area contributed by atoms with E-state index >= 15 is 0 Å². The number of rotatable bonds is 8. The van der Waals surface area contributed by atoms with Gasteiger partial charge in [0.25, 0.3) is 0 Å². The van der Waals surface area contributed by atoms with E-state index < -0.39 is 0 Å². The molecule has 0 aliphatic carbocycles. The third-order valence-corrected chi connectivity index (χ3v) is 5.25. The molecule has 0 fully saturated rings. The van der Waals surface area contributed by atoms with Crippen LogP contribution in [0, 0.1) is 0 Å². The van der Waals surface area contributed by atoms with Gasteiger partial charge < -0.3 is 14.8 Å². The first-order valence-electron chi connectivity index (χ1n) is 9.50. The van der Waals surface area contributed by atoms with Crippen molar-refractivity contribution in [2.24, 2.45) is 0 Å². The van der Waals surface area contributed by atoms with Crippen molar-refractivity contribution in [3.63, 3.8) is 0 Å². The molecule has 0 bridgehead atoms. The summed E-state index contributed by atoms with van der Waals surface area (Å²) in [6.07, 6.45) is 1.04. The average Bonchev–Trinajstić information content (AvgIpc) is 2.77. The molecule has 0 spiro atoms. The lowest BCUT2D eigenvalue weighted by atomic mass is 10.1. The van der Waals surface area contributed by atoms with E-state index in [-0.39, 0.29) is 0 Å². The summed E-state index contributed by atoms with van der Waals surface area (Å²) in [5.41, 5.74) is 4.45. The molecule has 0 aromatic heterocycles. The molecule has 0 saturated heterocycles. The van der Waals surface area contributed by atoms with Gasteiger partial charge in [-0.25, -0.2) is 0 Å². The van der Waals surface area contributed by atoms with Gasteiger partial charge in [-0.2, -0.15) is 0 Å². The normalized spacial score (nSPS) is 10.4. The highest BCUT2D eigenvalue weighted by atomic mass is 35.5. The number of ether oxygens (including phenoxy) is 2. The fourth-order valence-corrected chi connectivity index (χ4v) is 3.17. The second-order valence-electron chi connectivity index (χ2n) is 6.63. The van der Waals surface area contributed by atoms with Crippen LogP contribution in [0.3, 0.4) is 0 Å². The Bertz CT molecular complexity index is 956. The lowest BCUT2D eigenvalue weighted by Crippen LogP contribution is -2.21. The number of hydrogen-bond donors (Lipinski definition) is 1. The van der Waals surface area contributed by atoms with Crippen molar-refractivity contribution in [2.45, 2.75) is 26.5 Å². The number of methoxy groups -OCH3 is 1. The van der Waals surface area contributed by atoms with Gasteiger partial charge in [0, 0.05) is 17.1 Å². The van der Waals surface area contributed by atoms with Gasteiger partial charge in [0.15, 0.2) is 11.5 Å². The Labute approximate surface area is 182 Å². The molecule has 0 unspecified atom stereocenters. The zero-order chi connectivity index (χ0) is 20.6. The molecule has 0 atom stereocenters. The van der Waals surface area contributed by atoms with Crippen molar-refractivity contribution in [1.82, 2.24) is 5.32 Å².